The van der Waals surface area contributed by atoms with Crippen molar-refractivity contribution in [1.82, 2.24) is 0 Å². The van der Waals surface area contributed by atoms with Crippen LogP contribution in [0.5, 0.6) is 0 Å². The molecule has 0 aromatic heterocycles. The molecule has 6 heteroatoms. The van der Waals surface area contributed by atoms with Gasteiger partial charge in [0, 0.05) is 13.8 Å². The van der Waals surface area contributed by atoms with E-state index >= 15 is 0 Å². The van der Waals surface area contributed by atoms with Gasteiger partial charge in [0.15, 0.2) is 0 Å². The summed E-state index contributed by atoms with van der Waals surface area (Å²) in [5.74, 6) is -1.67. The molecule has 1 aliphatic carbocycles. The van der Waals surface area contributed by atoms with E-state index in [4.69, 9.17) is 19.8 Å². The van der Waals surface area contributed by atoms with E-state index in [-0.39, 0.29) is 12.2 Å². The molecule has 6 nitrogen and oxygen atoms in total. The Kier molecular flexibility index (Phi) is 8.19. The highest BCUT2D eigenvalue weighted by atomic mass is 16.4. The smallest absolute Gasteiger partial charge is 0.300 e. The molecule has 1 aliphatic rings. The van der Waals surface area contributed by atoms with E-state index < -0.39 is 11.9 Å². The summed E-state index contributed by atoms with van der Waals surface area (Å²) in [6, 6.07) is 7.53. The second-order valence-corrected chi connectivity index (χ2v) is 4.28. The zero-order valence-electron chi connectivity index (χ0n) is 11.5. The van der Waals surface area contributed by atoms with E-state index in [2.05, 4.69) is 0 Å². The van der Waals surface area contributed by atoms with E-state index in [9.17, 15) is 10.2 Å². The standard InChI is InChI=1S/C10H12O2.2C2H4O2/c11-9-5-6-10(12)8-4-2-1-3-7(8)9;2*1-2(3)4/h1-4,9-12H,5-6H2;2*1H3,(H,3,4). The van der Waals surface area contributed by atoms with Crippen molar-refractivity contribution in [2.75, 3.05) is 0 Å². The molecule has 2 unspecified atom stereocenters. The summed E-state index contributed by atoms with van der Waals surface area (Å²) in [4.78, 5) is 18.0. The maximum absolute atomic E-state index is 9.57. The number of carboxylic acid groups (broad SMARTS) is 2. The molecule has 2 atom stereocenters. The van der Waals surface area contributed by atoms with Crippen molar-refractivity contribution >= 4 is 11.9 Å². The number of carbonyl (C=O) groups is 2. The molecule has 0 spiro atoms. The predicted octanol–water partition coefficient (Wildman–Crippen LogP) is 1.73. The fraction of sp³-hybridized carbons (Fsp3) is 0.429. The average Bonchev–Trinajstić information content (AvgIpc) is 2.33. The minimum atomic E-state index is -0.833. The summed E-state index contributed by atoms with van der Waals surface area (Å²) in [7, 11) is 0. The van der Waals surface area contributed by atoms with Crippen LogP contribution < -0.4 is 0 Å². The number of hydrogen-bond donors (Lipinski definition) is 4. The second kappa shape index (κ2) is 9.06. The quantitative estimate of drug-likeness (QED) is 0.576. The third kappa shape index (κ3) is 7.50. The van der Waals surface area contributed by atoms with E-state index in [0.717, 1.165) is 25.0 Å². The Morgan fingerprint density at radius 1 is 0.900 bits per heavy atom. The Labute approximate surface area is 117 Å². The van der Waals surface area contributed by atoms with E-state index in [1.54, 1.807) is 0 Å². The van der Waals surface area contributed by atoms with Gasteiger partial charge in [-0.3, -0.25) is 9.59 Å². The summed E-state index contributed by atoms with van der Waals surface area (Å²) < 4.78 is 0. The van der Waals surface area contributed by atoms with Gasteiger partial charge in [-0.2, -0.15) is 0 Å². The van der Waals surface area contributed by atoms with Gasteiger partial charge >= 0.3 is 0 Å². The van der Waals surface area contributed by atoms with Crippen LogP contribution in [0.2, 0.25) is 0 Å². The highest BCUT2D eigenvalue weighted by molar-refractivity contribution is 5.63. The van der Waals surface area contributed by atoms with Crippen molar-refractivity contribution in [3.8, 4) is 0 Å². The number of carboxylic acids is 2. The van der Waals surface area contributed by atoms with Gasteiger partial charge in [-0.15, -0.1) is 0 Å². The van der Waals surface area contributed by atoms with Crippen LogP contribution in [0.1, 0.15) is 50.0 Å². The highest BCUT2D eigenvalue weighted by Gasteiger charge is 2.23. The van der Waals surface area contributed by atoms with Crippen molar-refractivity contribution in [3.63, 3.8) is 0 Å². The summed E-state index contributed by atoms with van der Waals surface area (Å²) >= 11 is 0. The molecule has 0 aliphatic heterocycles. The van der Waals surface area contributed by atoms with Crippen LogP contribution in [0, 0.1) is 0 Å². The van der Waals surface area contributed by atoms with E-state index in [1.165, 1.54) is 0 Å². The molecule has 0 fully saturated rings. The Balaban J connectivity index is 0.000000380. The maximum atomic E-state index is 9.57. The largest absolute Gasteiger partial charge is 0.481 e. The number of aliphatic carboxylic acids is 2. The number of aliphatic hydroxyl groups excluding tert-OH is 2. The lowest BCUT2D eigenvalue weighted by Gasteiger charge is -2.25. The van der Waals surface area contributed by atoms with E-state index in [1.807, 2.05) is 24.3 Å². The first-order chi connectivity index (χ1) is 9.25. The van der Waals surface area contributed by atoms with Crippen LogP contribution >= 0.6 is 0 Å². The number of fused-ring (bicyclic) bond motifs is 1. The average molecular weight is 284 g/mol. The van der Waals surface area contributed by atoms with Gasteiger partial charge in [-0.1, -0.05) is 24.3 Å². The zero-order valence-corrected chi connectivity index (χ0v) is 11.5. The number of aliphatic hydroxyl groups is 2. The first-order valence-electron chi connectivity index (χ1n) is 6.09. The summed E-state index contributed by atoms with van der Waals surface area (Å²) in [5.41, 5.74) is 1.77. The summed E-state index contributed by atoms with van der Waals surface area (Å²) in [6.45, 7) is 2.17. The minimum absolute atomic E-state index is 0.385. The van der Waals surface area contributed by atoms with Crippen molar-refractivity contribution in [3.05, 3.63) is 35.4 Å². The van der Waals surface area contributed by atoms with Gasteiger partial charge in [-0.25, -0.2) is 0 Å². The van der Waals surface area contributed by atoms with Crippen LogP contribution in [0.25, 0.3) is 0 Å². The number of benzene rings is 1. The number of rotatable bonds is 0. The lowest BCUT2D eigenvalue weighted by Crippen LogP contribution is -2.13. The van der Waals surface area contributed by atoms with Gasteiger partial charge in [-0.05, 0) is 24.0 Å². The van der Waals surface area contributed by atoms with Crippen molar-refractivity contribution < 1.29 is 30.0 Å². The highest BCUT2D eigenvalue weighted by Crippen LogP contribution is 2.35. The Bertz CT molecular complexity index is 394. The first kappa shape index (κ1) is 18.1. The van der Waals surface area contributed by atoms with Crippen LogP contribution in [-0.4, -0.2) is 32.4 Å². The molecular weight excluding hydrogens is 264 g/mol. The Hall–Kier alpha value is -1.92. The molecule has 2 rings (SSSR count). The fourth-order valence-electron chi connectivity index (χ4n) is 1.74. The number of hydrogen-bond acceptors (Lipinski definition) is 4. The van der Waals surface area contributed by atoms with Crippen LogP contribution in [0.15, 0.2) is 24.3 Å². The monoisotopic (exact) mass is 284 g/mol. The lowest BCUT2D eigenvalue weighted by molar-refractivity contribution is -0.135. The Morgan fingerprint density at radius 2 is 1.15 bits per heavy atom. The molecule has 0 bridgehead atoms. The molecular formula is C14H20O6. The van der Waals surface area contributed by atoms with Crippen LogP contribution in [-0.2, 0) is 9.59 Å². The topological polar surface area (TPSA) is 115 Å². The third-order valence-electron chi connectivity index (χ3n) is 2.43. The minimum Gasteiger partial charge on any atom is -0.481 e. The third-order valence-corrected chi connectivity index (χ3v) is 2.43. The van der Waals surface area contributed by atoms with Crippen molar-refractivity contribution in [2.45, 2.75) is 38.9 Å². The molecule has 4 N–H and O–H groups in total. The molecule has 0 saturated carbocycles. The van der Waals surface area contributed by atoms with Gasteiger partial charge in [0.25, 0.3) is 11.9 Å². The molecule has 20 heavy (non-hydrogen) atoms. The molecule has 0 saturated heterocycles. The van der Waals surface area contributed by atoms with E-state index in [0.29, 0.717) is 12.8 Å². The molecule has 112 valence electrons. The maximum Gasteiger partial charge on any atom is 0.300 e. The molecule has 1 aromatic rings. The Morgan fingerprint density at radius 3 is 1.40 bits per heavy atom. The molecule has 1 aromatic carbocycles. The molecule has 0 amide bonds. The van der Waals surface area contributed by atoms with Crippen LogP contribution in [0.4, 0.5) is 0 Å². The van der Waals surface area contributed by atoms with Crippen molar-refractivity contribution in [2.24, 2.45) is 0 Å². The summed E-state index contributed by atoms with van der Waals surface area (Å²) in [6.07, 6.45) is 0.560. The van der Waals surface area contributed by atoms with Crippen LogP contribution in [0.3, 0.4) is 0 Å². The van der Waals surface area contributed by atoms with Gasteiger partial charge < -0.3 is 20.4 Å². The lowest BCUT2D eigenvalue weighted by atomic mass is 9.87. The van der Waals surface area contributed by atoms with Gasteiger partial charge in [0.1, 0.15) is 0 Å². The van der Waals surface area contributed by atoms with Gasteiger partial charge in [0.2, 0.25) is 0 Å². The molecule has 0 heterocycles. The van der Waals surface area contributed by atoms with Gasteiger partial charge in [0.05, 0.1) is 12.2 Å². The first-order valence-corrected chi connectivity index (χ1v) is 6.09. The predicted molar refractivity (Wildman–Crippen MR) is 72.2 cm³/mol. The normalized spacial score (nSPS) is 19.4. The SMILES string of the molecule is CC(=O)O.CC(=O)O.OC1CCC(O)c2ccccc21. The molecule has 0 radical (unpaired) electrons. The summed E-state index contributed by atoms with van der Waals surface area (Å²) in [5, 5.41) is 34.0. The fourth-order valence-corrected chi connectivity index (χ4v) is 1.74. The zero-order chi connectivity index (χ0) is 15.7. The van der Waals surface area contributed by atoms with Crippen molar-refractivity contribution in [1.29, 1.82) is 0 Å². The second-order valence-electron chi connectivity index (χ2n) is 4.28.